The number of carboxylic acid groups (broad SMARTS) is 1. The summed E-state index contributed by atoms with van der Waals surface area (Å²) in [7, 11) is 0. The van der Waals surface area contributed by atoms with Crippen LogP contribution < -0.4 is 10.4 Å². The number of thiazole rings is 1. The SMILES string of the molecule is Cc1nc(CC(=O)NC2CCCCC2)sc1C(=O)[O-]. The molecule has 0 saturated heterocycles. The summed E-state index contributed by atoms with van der Waals surface area (Å²) in [6, 6.07) is 0.267. The molecule has 0 bridgehead atoms. The average molecular weight is 281 g/mol. The van der Waals surface area contributed by atoms with Gasteiger partial charge >= 0.3 is 0 Å². The van der Waals surface area contributed by atoms with Crippen LogP contribution in [-0.4, -0.2) is 22.9 Å². The molecule has 1 aliphatic carbocycles. The zero-order valence-electron chi connectivity index (χ0n) is 10.9. The highest BCUT2D eigenvalue weighted by Crippen LogP contribution is 2.19. The summed E-state index contributed by atoms with van der Waals surface area (Å²) in [5.74, 6) is -1.31. The molecule has 1 heterocycles. The van der Waals surface area contributed by atoms with Gasteiger partial charge in [-0.05, 0) is 19.8 Å². The molecule has 0 aliphatic heterocycles. The first-order valence-corrected chi connectivity index (χ1v) is 7.35. The number of amides is 1. The predicted octanol–water partition coefficient (Wildman–Crippen LogP) is 0.806. The number of hydrogen-bond donors (Lipinski definition) is 1. The lowest BCUT2D eigenvalue weighted by Gasteiger charge is -2.22. The molecule has 0 atom stereocenters. The first-order chi connectivity index (χ1) is 9.06. The van der Waals surface area contributed by atoms with Crippen LogP contribution >= 0.6 is 11.3 Å². The van der Waals surface area contributed by atoms with Gasteiger partial charge in [0.05, 0.1) is 23.0 Å². The van der Waals surface area contributed by atoms with Crippen LogP contribution in [0.4, 0.5) is 0 Å². The van der Waals surface area contributed by atoms with Crippen molar-refractivity contribution in [1.82, 2.24) is 10.3 Å². The van der Waals surface area contributed by atoms with E-state index in [1.807, 2.05) is 0 Å². The molecule has 1 aromatic rings. The van der Waals surface area contributed by atoms with Gasteiger partial charge in [0.25, 0.3) is 0 Å². The fourth-order valence-corrected chi connectivity index (χ4v) is 3.28. The van der Waals surface area contributed by atoms with Gasteiger partial charge in [-0.25, -0.2) is 4.98 Å². The van der Waals surface area contributed by atoms with Crippen LogP contribution in [0, 0.1) is 6.92 Å². The lowest BCUT2D eigenvalue weighted by atomic mass is 9.95. The van der Waals surface area contributed by atoms with Crippen LogP contribution in [0.5, 0.6) is 0 Å². The van der Waals surface area contributed by atoms with Crippen molar-refractivity contribution in [3.05, 3.63) is 15.6 Å². The van der Waals surface area contributed by atoms with Crippen molar-refractivity contribution >= 4 is 23.2 Å². The Morgan fingerprint density at radius 1 is 1.37 bits per heavy atom. The Balaban J connectivity index is 1.91. The van der Waals surface area contributed by atoms with Crippen molar-refractivity contribution in [1.29, 1.82) is 0 Å². The van der Waals surface area contributed by atoms with E-state index in [9.17, 15) is 14.7 Å². The number of hydrogen-bond acceptors (Lipinski definition) is 5. The fourth-order valence-electron chi connectivity index (χ4n) is 2.38. The minimum Gasteiger partial charge on any atom is -0.544 e. The Hall–Kier alpha value is -1.43. The third kappa shape index (κ3) is 3.76. The molecule has 0 spiro atoms. The zero-order valence-corrected chi connectivity index (χ0v) is 11.7. The molecule has 2 rings (SSSR count). The minimum atomic E-state index is -1.23. The molecule has 0 radical (unpaired) electrons. The second-order valence-corrected chi connectivity index (χ2v) is 5.97. The van der Waals surface area contributed by atoms with Gasteiger partial charge < -0.3 is 15.2 Å². The van der Waals surface area contributed by atoms with Crippen molar-refractivity contribution in [2.45, 2.75) is 51.5 Å². The number of carboxylic acids is 1. The maximum Gasteiger partial charge on any atom is 0.227 e. The monoisotopic (exact) mass is 281 g/mol. The Bertz CT molecular complexity index is 478. The molecule has 5 nitrogen and oxygen atoms in total. The normalized spacial score (nSPS) is 16.3. The molecule has 19 heavy (non-hydrogen) atoms. The van der Waals surface area contributed by atoms with Gasteiger partial charge in [-0.3, -0.25) is 4.79 Å². The number of nitrogens with one attached hydrogen (secondary N) is 1. The second kappa shape index (κ2) is 6.14. The van der Waals surface area contributed by atoms with Crippen molar-refractivity contribution in [2.75, 3.05) is 0 Å². The van der Waals surface area contributed by atoms with Gasteiger partial charge in [0.1, 0.15) is 5.01 Å². The summed E-state index contributed by atoms with van der Waals surface area (Å²) in [5.41, 5.74) is 0.422. The standard InChI is InChI=1S/C13H18N2O3S/c1-8-12(13(17)18)19-11(14-8)7-10(16)15-9-5-3-2-4-6-9/h9H,2-7H2,1H3,(H,15,16)(H,17,18)/p-1. The highest BCUT2D eigenvalue weighted by molar-refractivity contribution is 7.13. The molecule has 1 N–H and O–H groups in total. The Labute approximate surface area is 116 Å². The van der Waals surface area contributed by atoms with Crippen molar-refractivity contribution < 1.29 is 14.7 Å². The van der Waals surface area contributed by atoms with E-state index in [1.54, 1.807) is 6.92 Å². The van der Waals surface area contributed by atoms with E-state index < -0.39 is 5.97 Å². The largest absolute Gasteiger partial charge is 0.544 e. The van der Waals surface area contributed by atoms with Gasteiger partial charge in [0.2, 0.25) is 5.91 Å². The van der Waals surface area contributed by atoms with Crippen LogP contribution in [0.15, 0.2) is 0 Å². The van der Waals surface area contributed by atoms with Crippen molar-refractivity contribution in [2.24, 2.45) is 0 Å². The summed E-state index contributed by atoms with van der Waals surface area (Å²) in [4.78, 5) is 26.9. The van der Waals surface area contributed by atoms with E-state index in [0.29, 0.717) is 10.7 Å². The van der Waals surface area contributed by atoms with Crippen LogP contribution in [0.25, 0.3) is 0 Å². The quantitative estimate of drug-likeness (QED) is 0.885. The number of aromatic carboxylic acids is 1. The number of carbonyl (C=O) groups is 2. The summed E-state index contributed by atoms with van der Waals surface area (Å²) >= 11 is 1.02. The highest BCUT2D eigenvalue weighted by Gasteiger charge is 2.17. The second-order valence-electron chi connectivity index (χ2n) is 4.89. The summed E-state index contributed by atoms with van der Waals surface area (Å²) in [5, 5.41) is 14.3. The zero-order chi connectivity index (χ0) is 13.8. The molecule has 1 aromatic heterocycles. The van der Waals surface area contributed by atoms with E-state index in [4.69, 9.17) is 0 Å². The topological polar surface area (TPSA) is 82.1 Å². The fraction of sp³-hybridized carbons (Fsp3) is 0.615. The number of rotatable bonds is 4. The third-order valence-corrected chi connectivity index (χ3v) is 4.45. The van der Waals surface area contributed by atoms with Gasteiger partial charge in [0, 0.05) is 6.04 Å². The number of aromatic nitrogens is 1. The lowest BCUT2D eigenvalue weighted by molar-refractivity contribution is -0.254. The molecule has 6 heteroatoms. The first kappa shape index (κ1) is 14.0. The molecule has 1 saturated carbocycles. The third-order valence-electron chi connectivity index (χ3n) is 3.31. The lowest BCUT2D eigenvalue weighted by Crippen LogP contribution is -2.37. The molecule has 104 valence electrons. The van der Waals surface area contributed by atoms with E-state index in [0.717, 1.165) is 37.0 Å². The van der Waals surface area contributed by atoms with E-state index in [1.165, 1.54) is 6.42 Å². The minimum absolute atomic E-state index is 0.0782. The number of carbonyl (C=O) groups excluding carboxylic acids is 2. The van der Waals surface area contributed by atoms with Gasteiger partial charge in [-0.15, -0.1) is 11.3 Å². The number of nitrogens with zero attached hydrogens (tertiary/aromatic N) is 1. The molecular weight excluding hydrogens is 264 g/mol. The maximum absolute atomic E-state index is 11.9. The molecule has 1 amide bonds. The smallest absolute Gasteiger partial charge is 0.227 e. The molecule has 0 aromatic carbocycles. The Morgan fingerprint density at radius 2 is 2.05 bits per heavy atom. The number of aryl methyl sites for hydroxylation is 1. The Kier molecular flexibility index (Phi) is 4.52. The van der Waals surface area contributed by atoms with Crippen LogP contribution in [-0.2, 0) is 11.2 Å². The van der Waals surface area contributed by atoms with Crippen molar-refractivity contribution in [3.63, 3.8) is 0 Å². The van der Waals surface area contributed by atoms with E-state index in [2.05, 4.69) is 10.3 Å². The van der Waals surface area contributed by atoms with Gasteiger partial charge in [0.15, 0.2) is 0 Å². The summed E-state index contributed by atoms with van der Waals surface area (Å²) in [6.07, 6.45) is 5.79. The van der Waals surface area contributed by atoms with Crippen LogP contribution in [0.1, 0.15) is 52.5 Å². The summed E-state index contributed by atoms with van der Waals surface area (Å²) < 4.78 is 0. The van der Waals surface area contributed by atoms with E-state index >= 15 is 0 Å². The van der Waals surface area contributed by atoms with Gasteiger partial charge in [-0.2, -0.15) is 0 Å². The van der Waals surface area contributed by atoms with Crippen LogP contribution in [0.2, 0.25) is 0 Å². The van der Waals surface area contributed by atoms with Gasteiger partial charge in [-0.1, -0.05) is 19.3 Å². The molecule has 1 aliphatic rings. The molecule has 0 unspecified atom stereocenters. The first-order valence-electron chi connectivity index (χ1n) is 6.53. The van der Waals surface area contributed by atoms with Crippen molar-refractivity contribution in [3.8, 4) is 0 Å². The van der Waals surface area contributed by atoms with E-state index in [-0.39, 0.29) is 23.2 Å². The van der Waals surface area contributed by atoms with Crippen LogP contribution in [0.3, 0.4) is 0 Å². The molecule has 1 fully saturated rings. The summed E-state index contributed by atoms with van der Waals surface area (Å²) in [6.45, 7) is 1.62. The average Bonchev–Trinajstić information content (AvgIpc) is 2.71. The predicted molar refractivity (Wildman–Crippen MR) is 69.9 cm³/mol. The highest BCUT2D eigenvalue weighted by atomic mass is 32.1. The molecular formula is C13H17N2O3S-. The maximum atomic E-state index is 11.9. The Morgan fingerprint density at radius 3 is 2.63 bits per heavy atom.